The van der Waals surface area contributed by atoms with E-state index in [9.17, 15) is 10.2 Å². The minimum atomic E-state index is -0.391. The molecule has 0 aromatic heterocycles. The number of hydrogen-bond acceptors (Lipinski definition) is 2. The fourth-order valence-corrected chi connectivity index (χ4v) is 2.26. The predicted molar refractivity (Wildman–Crippen MR) is 105 cm³/mol. The Morgan fingerprint density at radius 1 is 0.875 bits per heavy atom. The lowest BCUT2D eigenvalue weighted by molar-refractivity contribution is 0.208. The van der Waals surface area contributed by atoms with Crippen LogP contribution in [-0.2, 0) is 0 Å². The largest absolute Gasteiger partial charge is 0.389 e. The maximum absolute atomic E-state index is 9.83. The molecule has 0 saturated heterocycles. The molecular formula is C22H36O2. The van der Waals surface area contributed by atoms with E-state index in [0.29, 0.717) is 0 Å². The van der Waals surface area contributed by atoms with E-state index in [4.69, 9.17) is 0 Å². The van der Waals surface area contributed by atoms with Gasteiger partial charge in [-0.15, -0.1) is 0 Å². The van der Waals surface area contributed by atoms with E-state index >= 15 is 0 Å². The van der Waals surface area contributed by atoms with Gasteiger partial charge in [0.2, 0.25) is 0 Å². The molecule has 136 valence electrons. The van der Waals surface area contributed by atoms with E-state index in [-0.39, 0.29) is 6.10 Å². The van der Waals surface area contributed by atoms with Gasteiger partial charge in [0.05, 0.1) is 12.2 Å². The molecule has 24 heavy (non-hydrogen) atoms. The summed E-state index contributed by atoms with van der Waals surface area (Å²) in [5.41, 5.74) is 0.939. The highest BCUT2D eigenvalue weighted by molar-refractivity contribution is 5.33. The molecule has 0 aliphatic heterocycles. The highest BCUT2D eigenvalue weighted by Crippen LogP contribution is 2.06. The fraction of sp³-hybridized carbons (Fsp3) is 0.636. The first-order chi connectivity index (χ1) is 11.6. The minimum absolute atomic E-state index is 0.364. The lowest BCUT2D eigenvalue weighted by atomic mass is 10.1. The molecule has 0 heterocycles. The Bertz CT molecular complexity index is 435. The Labute approximate surface area is 149 Å². The zero-order valence-electron chi connectivity index (χ0n) is 15.8. The predicted octanol–water partition coefficient (Wildman–Crippen LogP) is 5.32. The molecule has 2 nitrogen and oxygen atoms in total. The molecule has 0 aliphatic rings. The van der Waals surface area contributed by atoms with Crippen LogP contribution in [0.1, 0.15) is 78.6 Å². The van der Waals surface area contributed by atoms with Crippen molar-refractivity contribution in [2.45, 2.75) is 90.8 Å². The summed E-state index contributed by atoms with van der Waals surface area (Å²) < 4.78 is 0. The number of aliphatic hydroxyl groups excluding tert-OH is 2. The molecule has 0 amide bonds. The Morgan fingerprint density at radius 3 is 2.12 bits per heavy atom. The third-order valence-electron chi connectivity index (χ3n) is 3.81. The molecule has 0 radical (unpaired) electrons. The van der Waals surface area contributed by atoms with Crippen molar-refractivity contribution in [3.63, 3.8) is 0 Å². The van der Waals surface area contributed by atoms with Gasteiger partial charge in [-0.2, -0.15) is 0 Å². The van der Waals surface area contributed by atoms with Gasteiger partial charge in [-0.25, -0.2) is 0 Å². The van der Waals surface area contributed by atoms with E-state index < -0.39 is 6.10 Å². The Morgan fingerprint density at radius 2 is 1.46 bits per heavy atom. The average Bonchev–Trinajstić information content (AvgIpc) is 2.56. The molecule has 0 rings (SSSR count). The number of hydrogen-bond donors (Lipinski definition) is 2. The number of rotatable bonds is 12. The number of aliphatic hydroxyl groups is 2. The zero-order valence-corrected chi connectivity index (χ0v) is 15.8. The van der Waals surface area contributed by atoms with E-state index in [0.717, 1.165) is 37.7 Å². The van der Waals surface area contributed by atoms with Gasteiger partial charge in [-0.1, -0.05) is 88.9 Å². The second-order valence-corrected chi connectivity index (χ2v) is 6.34. The Hall–Kier alpha value is -1.30. The van der Waals surface area contributed by atoms with Crippen molar-refractivity contribution < 1.29 is 10.2 Å². The number of allylic oxidation sites excluding steroid dienone is 4. The zero-order chi connectivity index (χ0) is 18.0. The summed E-state index contributed by atoms with van der Waals surface area (Å²) in [4.78, 5) is 0. The lowest BCUT2D eigenvalue weighted by Crippen LogP contribution is -2.01. The molecule has 0 spiro atoms. The van der Waals surface area contributed by atoms with Crippen LogP contribution in [0.4, 0.5) is 0 Å². The van der Waals surface area contributed by atoms with Gasteiger partial charge in [0.1, 0.15) is 0 Å². The van der Waals surface area contributed by atoms with Crippen LogP contribution in [0.2, 0.25) is 0 Å². The van der Waals surface area contributed by atoms with Gasteiger partial charge in [0.25, 0.3) is 0 Å². The number of unbranched alkanes of at least 4 members (excludes halogenated alkanes) is 5. The molecule has 2 heteroatoms. The second kappa shape index (κ2) is 16.6. The van der Waals surface area contributed by atoms with Crippen LogP contribution in [0.15, 0.2) is 36.0 Å². The van der Waals surface area contributed by atoms with Gasteiger partial charge in [-0.05, 0) is 37.5 Å². The van der Waals surface area contributed by atoms with Crippen molar-refractivity contribution in [3.05, 3.63) is 36.0 Å². The van der Waals surface area contributed by atoms with Crippen molar-refractivity contribution >= 4 is 0 Å². The Kier molecular flexibility index (Phi) is 15.7. The highest BCUT2D eigenvalue weighted by Gasteiger charge is 1.98. The fourth-order valence-electron chi connectivity index (χ4n) is 2.26. The minimum Gasteiger partial charge on any atom is -0.389 e. The van der Waals surface area contributed by atoms with E-state index in [1.54, 1.807) is 12.2 Å². The Balaban J connectivity index is 4.06. The molecule has 0 fully saturated rings. The molecular weight excluding hydrogens is 296 g/mol. The summed E-state index contributed by atoms with van der Waals surface area (Å²) in [6.07, 6.45) is 18.1. The summed E-state index contributed by atoms with van der Waals surface area (Å²) in [7, 11) is 0. The van der Waals surface area contributed by atoms with Crippen molar-refractivity contribution in [1.82, 2.24) is 0 Å². The van der Waals surface area contributed by atoms with Gasteiger partial charge >= 0.3 is 0 Å². The molecule has 0 aromatic carbocycles. The van der Waals surface area contributed by atoms with Crippen molar-refractivity contribution in [2.24, 2.45) is 0 Å². The third-order valence-corrected chi connectivity index (χ3v) is 3.81. The maximum atomic E-state index is 9.83. The van der Waals surface area contributed by atoms with E-state index in [1.807, 2.05) is 25.2 Å². The van der Waals surface area contributed by atoms with Crippen LogP contribution in [0.3, 0.4) is 0 Å². The van der Waals surface area contributed by atoms with E-state index in [2.05, 4.69) is 25.7 Å². The van der Waals surface area contributed by atoms with E-state index in [1.165, 1.54) is 25.7 Å². The van der Waals surface area contributed by atoms with Gasteiger partial charge in [0, 0.05) is 0 Å². The summed E-state index contributed by atoms with van der Waals surface area (Å²) in [5, 5.41) is 19.6. The third kappa shape index (κ3) is 15.6. The van der Waals surface area contributed by atoms with Crippen LogP contribution in [0.25, 0.3) is 0 Å². The van der Waals surface area contributed by atoms with Crippen molar-refractivity contribution in [3.8, 4) is 11.8 Å². The van der Waals surface area contributed by atoms with Gasteiger partial charge in [0.15, 0.2) is 0 Å². The standard InChI is InChI=1S/C22H36O2/c1-4-6-8-10-17-22(24)19-13-15-20(3)14-11-12-18-21(23)16-9-7-5-2/h12-13,15,18-19,21-24H,4-10,16-17H2,1-3H3/b18-12+,19-13+,20-15+. The van der Waals surface area contributed by atoms with Gasteiger partial charge < -0.3 is 10.2 Å². The van der Waals surface area contributed by atoms with Crippen LogP contribution in [-0.4, -0.2) is 22.4 Å². The molecule has 0 aliphatic carbocycles. The van der Waals surface area contributed by atoms with Crippen LogP contribution in [0.5, 0.6) is 0 Å². The monoisotopic (exact) mass is 332 g/mol. The summed E-state index contributed by atoms with van der Waals surface area (Å²) in [5.74, 6) is 5.96. The molecule has 0 saturated carbocycles. The average molecular weight is 333 g/mol. The first kappa shape index (κ1) is 22.7. The summed E-state index contributed by atoms with van der Waals surface area (Å²) >= 11 is 0. The first-order valence-electron chi connectivity index (χ1n) is 9.49. The van der Waals surface area contributed by atoms with Gasteiger partial charge in [-0.3, -0.25) is 0 Å². The highest BCUT2D eigenvalue weighted by atomic mass is 16.3. The van der Waals surface area contributed by atoms with Crippen molar-refractivity contribution in [2.75, 3.05) is 0 Å². The van der Waals surface area contributed by atoms with Crippen LogP contribution in [0, 0.1) is 11.8 Å². The molecule has 2 atom stereocenters. The summed E-state index contributed by atoms with van der Waals surface area (Å²) in [6.45, 7) is 6.28. The lowest BCUT2D eigenvalue weighted by Gasteiger charge is -2.03. The maximum Gasteiger partial charge on any atom is 0.0730 e. The second-order valence-electron chi connectivity index (χ2n) is 6.34. The topological polar surface area (TPSA) is 40.5 Å². The first-order valence-corrected chi connectivity index (χ1v) is 9.49. The normalized spacial score (nSPS) is 14.8. The molecule has 2 N–H and O–H groups in total. The quantitative estimate of drug-likeness (QED) is 0.288. The SMILES string of the molecule is CCCCCCC(O)/C=C/C=C(\C)C#C/C=C/C(O)CCCCC. The van der Waals surface area contributed by atoms with Crippen LogP contribution < -0.4 is 0 Å². The molecule has 2 unspecified atom stereocenters. The van der Waals surface area contributed by atoms with Crippen molar-refractivity contribution in [1.29, 1.82) is 0 Å². The van der Waals surface area contributed by atoms with Crippen LogP contribution >= 0.6 is 0 Å². The molecule has 0 aromatic rings. The summed E-state index contributed by atoms with van der Waals surface area (Å²) in [6, 6.07) is 0. The smallest absolute Gasteiger partial charge is 0.0730 e. The molecule has 0 bridgehead atoms.